The molecule has 3 aliphatic carbocycles. The highest BCUT2D eigenvalue weighted by molar-refractivity contribution is 6.32. The fourth-order valence-corrected chi connectivity index (χ4v) is 5.03. The molecule has 3 fully saturated rings. The van der Waals surface area contributed by atoms with Crippen LogP contribution in [-0.4, -0.2) is 20.7 Å². The van der Waals surface area contributed by atoms with Gasteiger partial charge in [-0.25, -0.2) is 4.98 Å². The van der Waals surface area contributed by atoms with Gasteiger partial charge in [-0.2, -0.15) is 5.10 Å². The van der Waals surface area contributed by atoms with Gasteiger partial charge in [0.25, 0.3) is 0 Å². The second-order valence-corrected chi connectivity index (χ2v) is 9.20. The highest BCUT2D eigenvalue weighted by atomic mass is 35.5. The summed E-state index contributed by atoms with van der Waals surface area (Å²) in [6.07, 6.45) is 10.4. The molecule has 0 radical (unpaired) electrons. The van der Waals surface area contributed by atoms with Crippen molar-refractivity contribution >= 4 is 34.1 Å². The summed E-state index contributed by atoms with van der Waals surface area (Å²) in [7, 11) is 1.90. The van der Waals surface area contributed by atoms with Gasteiger partial charge in [0, 0.05) is 35.8 Å². The average Bonchev–Trinajstić information content (AvgIpc) is 3.60. The standard InChI is InChI=1S/C22H21ClN4O/c1-27-11-14(10-25-27)15-7-16(15)21(28)26-20-6-12-4-17(18-8-22(18)2-3-22)19(23)5-13(12)9-24-20/h4-6,9-11,15-16,18H,2-3,7-8H2,1H3,(H,24,26,28)/t15-,16+,18-/m0/s1. The third kappa shape index (κ3) is 2.64. The van der Waals surface area contributed by atoms with Crippen LogP contribution in [0.2, 0.25) is 5.02 Å². The van der Waals surface area contributed by atoms with E-state index in [0.29, 0.717) is 17.2 Å². The summed E-state index contributed by atoms with van der Waals surface area (Å²) in [5.74, 6) is 1.53. The van der Waals surface area contributed by atoms with E-state index in [0.717, 1.165) is 27.8 Å². The highest BCUT2D eigenvalue weighted by Gasteiger charge is 2.63. The van der Waals surface area contributed by atoms with Crippen molar-refractivity contribution in [2.45, 2.75) is 37.5 Å². The lowest BCUT2D eigenvalue weighted by atomic mass is 10.0. The van der Waals surface area contributed by atoms with Gasteiger partial charge in [0.2, 0.25) is 5.91 Å². The Hall–Kier alpha value is -2.40. The average molecular weight is 393 g/mol. The number of halogens is 1. The van der Waals surface area contributed by atoms with Gasteiger partial charge < -0.3 is 5.32 Å². The summed E-state index contributed by atoms with van der Waals surface area (Å²) < 4.78 is 1.78. The zero-order valence-corrected chi connectivity index (χ0v) is 16.4. The number of hydrogen-bond donors (Lipinski definition) is 1. The van der Waals surface area contributed by atoms with Crippen LogP contribution in [0.1, 0.15) is 48.6 Å². The number of nitrogens with one attached hydrogen (secondary N) is 1. The van der Waals surface area contributed by atoms with E-state index in [9.17, 15) is 4.79 Å². The number of benzene rings is 1. The van der Waals surface area contributed by atoms with E-state index in [1.165, 1.54) is 24.8 Å². The number of amides is 1. The van der Waals surface area contributed by atoms with Crippen LogP contribution in [0.3, 0.4) is 0 Å². The summed E-state index contributed by atoms with van der Waals surface area (Å²) in [4.78, 5) is 17.1. The largest absolute Gasteiger partial charge is 0.310 e. The Balaban J connectivity index is 1.22. The molecule has 1 aromatic carbocycles. The van der Waals surface area contributed by atoms with Gasteiger partial charge in [0.15, 0.2) is 0 Å². The summed E-state index contributed by atoms with van der Waals surface area (Å²) in [6.45, 7) is 0. The minimum Gasteiger partial charge on any atom is -0.310 e. The predicted molar refractivity (Wildman–Crippen MR) is 108 cm³/mol. The number of anilines is 1. The van der Waals surface area contributed by atoms with Crippen LogP contribution in [0.15, 0.2) is 36.8 Å². The quantitative estimate of drug-likeness (QED) is 0.704. The molecule has 5 nitrogen and oxygen atoms in total. The first-order chi connectivity index (χ1) is 13.5. The Morgan fingerprint density at radius 1 is 1.25 bits per heavy atom. The van der Waals surface area contributed by atoms with Crippen LogP contribution in [-0.2, 0) is 11.8 Å². The third-order valence-corrected chi connectivity index (χ3v) is 7.15. The molecule has 3 aromatic rings. The van der Waals surface area contributed by atoms with Gasteiger partial charge in [0.1, 0.15) is 5.82 Å². The number of nitrogens with zero attached hydrogens (tertiary/aromatic N) is 3. The molecular formula is C22H21ClN4O. The molecule has 6 rings (SSSR count). The summed E-state index contributed by atoms with van der Waals surface area (Å²) in [6, 6.07) is 6.18. The third-order valence-electron chi connectivity index (χ3n) is 6.83. The Kier molecular flexibility index (Phi) is 3.29. The highest BCUT2D eigenvalue weighted by Crippen LogP contribution is 2.75. The van der Waals surface area contributed by atoms with Gasteiger partial charge in [-0.1, -0.05) is 11.6 Å². The lowest BCUT2D eigenvalue weighted by Gasteiger charge is -2.09. The van der Waals surface area contributed by atoms with Crippen molar-refractivity contribution in [3.8, 4) is 0 Å². The van der Waals surface area contributed by atoms with Crippen molar-refractivity contribution in [3.63, 3.8) is 0 Å². The van der Waals surface area contributed by atoms with Crippen LogP contribution in [0, 0.1) is 11.3 Å². The molecule has 0 saturated heterocycles. The normalized spacial score (nSPS) is 26.4. The predicted octanol–water partition coefficient (Wildman–Crippen LogP) is 4.63. The first-order valence-electron chi connectivity index (χ1n) is 9.91. The van der Waals surface area contributed by atoms with Gasteiger partial charge in [-0.05, 0) is 77.6 Å². The van der Waals surface area contributed by atoms with E-state index in [-0.39, 0.29) is 17.7 Å². The van der Waals surface area contributed by atoms with Gasteiger partial charge in [0.05, 0.1) is 6.20 Å². The zero-order chi connectivity index (χ0) is 19.0. The first kappa shape index (κ1) is 16.5. The van der Waals surface area contributed by atoms with Crippen LogP contribution >= 0.6 is 11.6 Å². The summed E-state index contributed by atoms with van der Waals surface area (Å²) in [5.41, 5.74) is 2.95. The Morgan fingerprint density at radius 2 is 2.11 bits per heavy atom. The topological polar surface area (TPSA) is 59.8 Å². The molecule has 1 amide bonds. The van der Waals surface area contributed by atoms with Crippen molar-refractivity contribution in [3.05, 3.63) is 52.9 Å². The molecule has 0 aliphatic heterocycles. The van der Waals surface area contributed by atoms with Gasteiger partial charge in [-0.3, -0.25) is 9.48 Å². The number of rotatable bonds is 4. The molecule has 1 N–H and O–H groups in total. The molecule has 3 aliphatic rings. The molecule has 1 spiro atoms. The molecule has 0 unspecified atom stereocenters. The number of carbonyl (C=O) groups excluding carboxylic acids is 1. The molecule has 2 heterocycles. The minimum absolute atomic E-state index is 0.00339. The van der Waals surface area contributed by atoms with Crippen molar-refractivity contribution in [1.82, 2.24) is 14.8 Å². The van der Waals surface area contributed by atoms with Crippen LogP contribution in [0.5, 0.6) is 0 Å². The van der Waals surface area contributed by atoms with Crippen molar-refractivity contribution in [2.24, 2.45) is 18.4 Å². The van der Waals surface area contributed by atoms with Crippen LogP contribution in [0.25, 0.3) is 10.8 Å². The van der Waals surface area contributed by atoms with Gasteiger partial charge in [-0.15, -0.1) is 0 Å². The number of aromatic nitrogens is 3. The molecular weight excluding hydrogens is 372 g/mol. The number of carbonyl (C=O) groups is 1. The first-order valence-corrected chi connectivity index (χ1v) is 10.3. The lowest BCUT2D eigenvalue weighted by molar-refractivity contribution is -0.117. The molecule has 142 valence electrons. The Bertz CT molecular complexity index is 1130. The number of fused-ring (bicyclic) bond motifs is 1. The SMILES string of the molecule is Cn1cc([C@@H]2C[C@H]2C(=O)Nc2cc3cc([C@@H]4CC45CC5)c(Cl)cc3cn2)cn1. The smallest absolute Gasteiger partial charge is 0.229 e. The number of pyridine rings is 1. The molecule has 0 bridgehead atoms. The maximum absolute atomic E-state index is 12.6. The number of aryl methyl sites for hydroxylation is 1. The molecule has 6 heteroatoms. The fraction of sp³-hybridized carbons (Fsp3) is 0.409. The zero-order valence-electron chi connectivity index (χ0n) is 15.7. The van der Waals surface area contributed by atoms with E-state index in [1.807, 2.05) is 31.6 Å². The molecule has 2 aromatic heterocycles. The van der Waals surface area contributed by atoms with Crippen molar-refractivity contribution in [2.75, 3.05) is 5.32 Å². The minimum atomic E-state index is 0.00339. The van der Waals surface area contributed by atoms with E-state index in [2.05, 4.69) is 21.5 Å². The van der Waals surface area contributed by atoms with Crippen LogP contribution < -0.4 is 5.32 Å². The monoisotopic (exact) mass is 392 g/mol. The number of hydrogen-bond acceptors (Lipinski definition) is 3. The fourth-order valence-electron chi connectivity index (χ4n) is 4.72. The van der Waals surface area contributed by atoms with Crippen molar-refractivity contribution < 1.29 is 4.79 Å². The Labute approximate surface area is 168 Å². The lowest BCUT2D eigenvalue weighted by Crippen LogP contribution is -2.15. The van der Waals surface area contributed by atoms with Gasteiger partial charge >= 0.3 is 0 Å². The summed E-state index contributed by atoms with van der Waals surface area (Å²) in [5, 5.41) is 10.1. The summed E-state index contributed by atoms with van der Waals surface area (Å²) >= 11 is 6.54. The maximum atomic E-state index is 12.6. The molecule has 28 heavy (non-hydrogen) atoms. The van der Waals surface area contributed by atoms with Crippen molar-refractivity contribution in [1.29, 1.82) is 0 Å². The van der Waals surface area contributed by atoms with E-state index >= 15 is 0 Å². The van der Waals surface area contributed by atoms with E-state index in [1.54, 1.807) is 10.9 Å². The maximum Gasteiger partial charge on any atom is 0.229 e. The second-order valence-electron chi connectivity index (χ2n) is 8.79. The second kappa shape index (κ2) is 5.57. The molecule has 3 saturated carbocycles. The Morgan fingerprint density at radius 3 is 2.82 bits per heavy atom. The molecule has 3 atom stereocenters. The van der Waals surface area contributed by atoms with Crippen LogP contribution in [0.4, 0.5) is 5.82 Å². The van der Waals surface area contributed by atoms with E-state index < -0.39 is 0 Å². The van der Waals surface area contributed by atoms with E-state index in [4.69, 9.17) is 11.6 Å².